The van der Waals surface area contributed by atoms with Gasteiger partial charge >= 0.3 is 0 Å². The van der Waals surface area contributed by atoms with Crippen molar-refractivity contribution in [2.75, 3.05) is 14.1 Å². The molecule has 0 radical (unpaired) electrons. The summed E-state index contributed by atoms with van der Waals surface area (Å²) in [4.78, 5) is 0. The molecule has 0 spiro atoms. The molecule has 2 unspecified atom stereocenters. The van der Waals surface area contributed by atoms with Gasteiger partial charge in [0.25, 0.3) is 0 Å². The van der Waals surface area contributed by atoms with E-state index in [2.05, 4.69) is 48.7 Å². The zero-order valence-corrected chi connectivity index (χ0v) is 10.9. The fraction of sp³-hybridized carbons (Fsp3) is 0.571. The lowest BCUT2D eigenvalue weighted by Gasteiger charge is -2.12. The molecule has 0 aliphatic heterocycles. The lowest BCUT2D eigenvalue weighted by molar-refractivity contribution is 0.604. The molecule has 0 saturated heterocycles. The second-order valence-corrected chi connectivity index (χ2v) is 4.60. The van der Waals surface area contributed by atoms with Crippen LogP contribution in [0.25, 0.3) is 0 Å². The van der Waals surface area contributed by atoms with Crippen LogP contribution < -0.4 is 10.6 Å². The summed E-state index contributed by atoms with van der Waals surface area (Å²) in [7, 11) is 4.02. The van der Waals surface area contributed by atoms with E-state index in [1.807, 2.05) is 14.1 Å². The van der Waals surface area contributed by atoms with E-state index < -0.39 is 0 Å². The molecule has 16 heavy (non-hydrogen) atoms. The van der Waals surface area contributed by atoms with Crippen molar-refractivity contribution in [1.82, 2.24) is 10.6 Å². The molecule has 0 saturated carbocycles. The third-order valence-corrected chi connectivity index (χ3v) is 3.09. The van der Waals surface area contributed by atoms with Crippen LogP contribution >= 0.6 is 0 Å². The molecule has 1 rings (SSSR count). The first-order valence-electron chi connectivity index (χ1n) is 6.08. The summed E-state index contributed by atoms with van der Waals surface area (Å²) in [6.07, 6.45) is 2.19. The molecule has 0 bridgehead atoms. The molecule has 1 aromatic carbocycles. The van der Waals surface area contributed by atoms with Crippen LogP contribution in [0.1, 0.15) is 25.0 Å². The molecule has 0 heterocycles. The van der Waals surface area contributed by atoms with Gasteiger partial charge < -0.3 is 10.6 Å². The number of hydrogen-bond acceptors (Lipinski definition) is 2. The fourth-order valence-electron chi connectivity index (χ4n) is 1.72. The molecular weight excluding hydrogens is 196 g/mol. The molecule has 2 heteroatoms. The maximum atomic E-state index is 3.26. The Morgan fingerprint density at radius 1 is 0.812 bits per heavy atom. The second-order valence-electron chi connectivity index (χ2n) is 4.60. The Hall–Kier alpha value is -0.860. The molecule has 0 aliphatic rings. The number of benzene rings is 1. The monoisotopic (exact) mass is 220 g/mol. The third kappa shape index (κ3) is 4.33. The first kappa shape index (κ1) is 13.2. The van der Waals surface area contributed by atoms with Gasteiger partial charge in [-0.2, -0.15) is 0 Å². The zero-order chi connectivity index (χ0) is 12.0. The van der Waals surface area contributed by atoms with Crippen LogP contribution in [-0.2, 0) is 12.8 Å². The van der Waals surface area contributed by atoms with Gasteiger partial charge in [-0.1, -0.05) is 24.3 Å². The highest BCUT2D eigenvalue weighted by molar-refractivity contribution is 5.23. The number of likely N-dealkylation sites (N-methyl/N-ethyl adjacent to an activating group) is 2. The summed E-state index contributed by atoms with van der Waals surface area (Å²) in [5.41, 5.74) is 2.81. The molecule has 90 valence electrons. The number of nitrogens with one attached hydrogen (secondary N) is 2. The molecule has 0 fully saturated rings. The molecule has 0 aliphatic carbocycles. The van der Waals surface area contributed by atoms with Crippen molar-refractivity contribution in [2.45, 2.75) is 38.8 Å². The van der Waals surface area contributed by atoms with Crippen molar-refractivity contribution in [2.24, 2.45) is 0 Å². The average molecular weight is 220 g/mol. The van der Waals surface area contributed by atoms with E-state index in [4.69, 9.17) is 0 Å². The van der Waals surface area contributed by atoms with Crippen LogP contribution in [0, 0.1) is 0 Å². The van der Waals surface area contributed by atoms with Crippen molar-refractivity contribution in [1.29, 1.82) is 0 Å². The van der Waals surface area contributed by atoms with Crippen LogP contribution in [0.4, 0.5) is 0 Å². The van der Waals surface area contributed by atoms with Crippen molar-refractivity contribution in [3.05, 3.63) is 35.4 Å². The highest BCUT2D eigenvalue weighted by Gasteiger charge is 2.02. The topological polar surface area (TPSA) is 24.1 Å². The van der Waals surface area contributed by atoms with E-state index in [0.717, 1.165) is 12.8 Å². The lowest BCUT2D eigenvalue weighted by Crippen LogP contribution is -2.24. The van der Waals surface area contributed by atoms with Crippen molar-refractivity contribution >= 4 is 0 Å². The van der Waals surface area contributed by atoms with E-state index in [1.54, 1.807) is 0 Å². The molecule has 0 aromatic heterocycles. The Balaban J connectivity index is 2.54. The van der Waals surface area contributed by atoms with Crippen molar-refractivity contribution in [3.8, 4) is 0 Å². The number of hydrogen-bond donors (Lipinski definition) is 2. The van der Waals surface area contributed by atoms with E-state index >= 15 is 0 Å². The van der Waals surface area contributed by atoms with Crippen molar-refractivity contribution in [3.63, 3.8) is 0 Å². The normalized spacial score (nSPS) is 14.8. The lowest BCUT2D eigenvalue weighted by atomic mass is 10.0. The Labute approximate surface area is 99.5 Å². The SMILES string of the molecule is CNC(C)Cc1ccc(CC(C)NC)cc1. The second kappa shape index (κ2) is 6.66. The van der Waals surface area contributed by atoms with Crippen LogP contribution in [0.15, 0.2) is 24.3 Å². The summed E-state index contributed by atoms with van der Waals surface area (Å²) in [5, 5.41) is 6.52. The van der Waals surface area contributed by atoms with Gasteiger partial charge in [-0.05, 0) is 51.9 Å². The highest BCUT2D eigenvalue weighted by atomic mass is 14.9. The summed E-state index contributed by atoms with van der Waals surface area (Å²) in [5.74, 6) is 0. The van der Waals surface area contributed by atoms with E-state index in [1.165, 1.54) is 11.1 Å². The minimum absolute atomic E-state index is 0.544. The predicted molar refractivity (Wildman–Crippen MR) is 70.9 cm³/mol. The summed E-state index contributed by atoms with van der Waals surface area (Å²) in [6.45, 7) is 4.41. The van der Waals surface area contributed by atoms with E-state index in [9.17, 15) is 0 Å². The smallest absolute Gasteiger partial charge is 0.00761 e. The summed E-state index contributed by atoms with van der Waals surface area (Å²) >= 11 is 0. The summed E-state index contributed by atoms with van der Waals surface area (Å²) in [6, 6.07) is 10.1. The largest absolute Gasteiger partial charge is 0.317 e. The third-order valence-electron chi connectivity index (χ3n) is 3.09. The van der Waals surface area contributed by atoms with Gasteiger partial charge in [-0.25, -0.2) is 0 Å². The van der Waals surface area contributed by atoms with E-state index in [0.29, 0.717) is 12.1 Å². The molecular formula is C14H24N2. The van der Waals surface area contributed by atoms with Gasteiger partial charge in [0.2, 0.25) is 0 Å². The van der Waals surface area contributed by atoms with Crippen molar-refractivity contribution < 1.29 is 0 Å². The van der Waals surface area contributed by atoms with Gasteiger partial charge in [0, 0.05) is 12.1 Å². The van der Waals surface area contributed by atoms with Gasteiger partial charge in [-0.3, -0.25) is 0 Å². The quantitative estimate of drug-likeness (QED) is 0.766. The molecule has 2 atom stereocenters. The summed E-state index contributed by atoms with van der Waals surface area (Å²) < 4.78 is 0. The Morgan fingerprint density at radius 3 is 1.38 bits per heavy atom. The van der Waals surface area contributed by atoms with Gasteiger partial charge in [-0.15, -0.1) is 0 Å². The zero-order valence-electron chi connectivity index (χ0n) is 10.9. The number of rotatable bonds is 6. The Bertz CT molecular complexity index is 261. The van der Waals surface area contributed by atoms with Crippen LogP contribution in [0.3, 0.4) is 0 Å². The Kier molecular flexibility index (Phi) is 5.50. The molecule has 0 amide bonds. The average Bonchev–Trinajstić information content (AvgIpc) is 2.31. The van der Waals surface area contributed by atoms with Gasteiger partial charge in [0.05, 0.1) is 0 Å². The molecule has 1 aromatic rings. The standard InChI is InChI=1S/C14H24N2/c1-11(15-3)9-13-5-7-14(8-6-13)10-12(2)16-4/h5-8,11-12,15-16H,9-10H2,1-4H3. The van der Waals surface area contributed by atoms with Crippen LogP contribution in [0.2, 0.25) is 0 Å². The maximum absolute atomic E-state index is 3.26. The minimum atomic E-state index is 0.544. The molecule has 2 nitrogen and oxygen atoms in total. The Morgan fingerprint density at radius 2 is 1.12 bits per heavy atom. The first-order chi connectivity index (χ1) is 7.65. The van der Waals surface area contributed by atoms with Crippen LogP contribution in [-0.4, -0.2) is 26.2 Å². The first-order valence-corrected chi connectivity index (χ1v) is 6.08. The highest BCUT2D eigenvalue weighted by Crippen LogP contribution is 2.08. The maximum Gasteiger partial charge on any atom is 0.00761 e. The van der Waals surface area contributed by atoms with E-state index in [-0.39, 0.29) is 0 Å². The van der Waals surface area contributed by atoms with Gasteiger partial charge in [0.1, 0.15) is 0 Å². The molecule has 2 N–H and O–H groups in total. The predicted octanol–water partition coefficient (Wildman–Crippen LogP) is 1.99. The minimum Gasteiger partial charge on any atom is -0.317 e. The fourth-order valence-corrected chi connectivity index (χ4v) is 1.72. The van der Waals surface area contributed by atoms with Crippen LogP contribution in [0.5, 0.6) is 0 Å². The van der Waals surface area contributed by atoms with Gasteiger partial charge in [0.15, 0.2) is 0 Å².